The summed E-state index contributed by atoms with van der Waals surface area (Å²) in [6.45, 7) is 3.40. The summed E-state index contributed by atoms with van der Waals surface area (Å²) in [6.07, 6.45) is 0.243. The topological polar surface area (TPSA) is 60.5 Å². The number of aromatic nitrogens is 1. The summed E-state index contributed by atoms with van der Waals surface area (Å²) in [7, 11) is 0. The lowest BCUT2D eigenvalue weighted by molar-refractivity contribution is -0.120. The minimum atomic E-state index is -0.0803. The van der Waals surface area contributed by atoms with Crippen molar-refractivity contribution >= 4 is 28.8 Å². The molecule has 1 N–H and O–H groups in total. The fourth-order valence-corrected chi connectivity index (χ4v) is 3.45. The van der Waals surface area contributed by atoms with E-state index in [2.05, 4.69) is 10.3 Å². The van der Waals surface area contributed by atoms with Gasteiger partial charge in [0.15, 0.2) is 0 Å². The highest BCUT2D eigenvalue weighted by Crippen LogP contribution is 2.25. The van der Waals surface area contributed by atoms with Crippen LogP contribution in [0, 0.1) is 0 Å². The van der Waals surface area contributed by atoms with E-state index < -0.39 is 0 Å². The molecule has 1 aromatic heterocycles. The molecule has 28 heavy (non-hydrogen) atoms. The van der Waals surface area contributed by atoms with Crippen molar-refractivity contribution in [1.82, 2.24) is 10.3 Å². The minimum Gasteiger partial charge on any atom is -0.494 e. The van der Waals surface area contributed by atoms with Crippen LogP contribution >= 0.6 is 22.9 Å². The molecule has 0 radical (unpaired) electrons. The SMILES string of the molecule is CCOc1ccc(OCCNC(=O)Cc2csc(-c3ccc(Cl)cc3)n2)cc1. The first-order chi connectivity index (χ1) is 13.6. The maximum Gasteiger partial charge on any atom is 0.226 e. The van der Waals surface area contributed by atoms with Gasteiger partial charge in [0, 0.05) is 16.0 Å². The van der Waals surface area contributed by atoms with Crippen LogP contribution in [0.4, 0.5) is 0 Å². The molecule has 146 valence electrons. The normalized spacial score (nSPS) is 10.5. The first kappa shape index (κ1) is 20.2. The molecule has 0 aliphatic carbocycles. The predicted octanol–water partition coefficient (Wildman–Crippen LogP) is 4.60. The van der Waals surface area contributed by atoms with Crippen molar-refractivity contribution in [3.8, 4) is 22.1 Å². The highest BCUT2D eigenvalue weighted by Gasteiger charge is 2.09. The molecule has 7 heteroatoms. The van der Waals surface area contributed by atoms with E-state index in [1.165, 1.54) is 11.3 Å². The second-order valence-electron chi connectivity index (χ2n) is 5.93. The van der Waals surface area contributed by atoms with Gasteiger partial charge < -0.3 is 14.8 Å². The second-order valence-corrected chi connectivity index (χ2v) is 7.23. The number of ether oxygens (including phenoxy) is 2. The summed E-state index contributed by atoms with van der Waals surface area (Å²) >= 11 is 7.42. The van der Waals surface area contributed by atoms with Gasteiger partial charge in [0.1, 0.15) is 23.1 Å². The van der Waals surface area contributed by atoms with Crippen molar-refractivity contribution in [3.63, 3.8) is 0 Å². The molecule has 5 nitrogen and oxygen atoms in total. The van der Waals surface area contributed by atoms with Gasteiger partial charge in [-0.05, 0) is 43.3 Å². The van der Waals surface area contributed by atoms with E-state index in [0.717, 1.165) is 27.8 Å². The molecule has 1 heterocycles. The summed E-state index contributed by atoms with van der Waals surface area (Å²) in [4.78, 5) is 16.6. The van der Waals surface area contributed by atoms with Crippen molar-refractivity contribution in [2.24, 2.45) is 0 Å². The van der Waals surface area contributed by atoms with Gasteiger partial charge in [-0.3, -0.25) is 4.79 Å². The Labute approximate surface area is 173 Å². The van der Waals surface area contributed by atoms with Crippen LogP contribution in [0.5, 0.6) is 11.5 Å². The van der Waals surface area contributed by atoms with Crippen LogP contribution in [-0.2, 0) is 11.2 Å². The Hall–Kier alpha value is -2.57. The Morgan fingerprint density at radius 3 is 2.43 bits per heavy atom. The first-order valence-corrected chi connectivity index (χ1v) is 10.2. The van der Waals surface area contributed by atoms with Crippen LogP contribution in [0.1, 0.15) is 12.6 Å². The number of rotatable bonds is 9. The third-order valence-electron chi connectivity index (χ3n) is 3.81. The van der Waals surface area contributed by atoms with Crippen LogP contribution in [0.25, 0.3) is 10.6 Å². The molecule has 0 bridgehead atoms. The minimum absolute atomic E-state index is 0.0803. The van der Waals surface area contributed by atoms with Crippen molar-refractivity contribution < 1.29 is 14.3 Å². The summed E-state index contributed by atoms with van der Waals surface area (Å²) in [5.74, 6) is 1.47. The highest BCUT2D eigenvalue weighted by atomic mass is 35.5. The average Bonchev–Trinajstić information content (AvgIpc) is 3.15. The van der Waals surface area contributed by atoms with Crippen LogP contribution in [0.3, 0.4) is 0 Å². The van der Waals surface area contributed by atoms with E-state index in [9.17, 15) is 4.79 Å². The maximum absolute atomic E-state index is 12.1. The van der Waals surface area contributed by atoms with Crippen molar-refractivity contribution in [3.05, 3.63) is 64.6 Å². The molecule has 0 spiro atoms. The number of amides is 1. The molecular weight excluding hydrogens is 396 g/mol. The summed E-state index contributed by atoms with van der Waals surface area (Å²) < 4.78 is 11.0. The quantitative estimate of drug-likeness (QED) is 0.518. The number of nitrogens with one attached hydrogen (secondary N) is 1. The Balaban J connectivity index is 1.40. The van der Waals surface area contributed by atoms with E-state index in [4.69, 9.17) is 21.1 Å². The molecule has 0 saturated carbocycles. The number of nitrogens with zero attached hydrogens (tertiary/aromatic N) is 1. The van der Waals surface area contributed by atoms with E-state index in [1.54, 1.807) is 0 Å². The number of halogens is 1. The summed E-state index contributed by atoms with van der Waals surface area (Å²) in [6, 6.07) is 14.9. The molecule has 3 rings (SSSR count). The van der Waals surface area contributed by atoms with Crippen LogP contribution in [-0.4, -0.2) is 30.6 Å². The molecule has 1 amide bonds. The number of thiazole rings is 1. The second kappa shape index (κ2) is 10.1. The van der Waals surface area contributed by atoms with E-state index >= 15 is 0 Å². The fourth-order valence-electron chi connectivity index (χ4n) is 2.50. The molecule has 3 aromatic rings. The van der Waals surface area contributed by atoms with Crippen molar-refractivity contribution in [2.45, 2.75) is 13.3 Å². The zero-order valence-corrected chi connectivity index (χ0v) is 17.1. The highest BCUT2D eigenvalue weighted by molar-refractivity contribution is 7.13. The number of hydrogen-bond acceptors (Lipinski definition) is 5. The van der Waals surface area contributed by atoms with Gasteiger partial charge in [-0.25, -0.2) is 4.98 Å². The Bertz CT molecular complexity index is 895. The van der Waals surface area contributed by atoms with Gasteiger partial charge in [0.25, 0.3) is 0 Å². The van der Waals surface area contributed by atoms with Crippen molar-refractivity contribution in [1.29, 1.82) is 0 Å². The lowest BCUT2D eigenvalue weighted by Gasteiger charge is -2.08. The largest absolute Gasteiger partial charge is 0.494 e. The van der Waals surface area contributed by atoms with Crippen LogP contribution < -0.4 is 14.8 Å². The third kappa shape index (κ3) is 5.97. The molecule has 0 fully saturated rings. The molecule has 0 atom stereocenters. The molecule has 0 aliphatic heterocycles. The summed E-state index contributed by atoms with van der Waals surface area (Å²) in [5, 5.41) is 6.31. The maximum atomic E-state index is 12.1. The predicted molar refractivity (Wildman–Crippen MR) is 112 cm³/mol. The molecule has 0 unspecified atom stereocenters. The Morgan fingerprint density at radius 1 is 1.07 bits per heavy atom. The monoisotopic (exact) mass is 416 g/mol. The van der Waals surface area contributed by atoms with Crippen LogP contribution in [0.15, 0.2) is 53.9 Å². The lowest BCUT2D eigenvalue weighted by atomic mass is 10.2. The number of carbonyl (C=O) groups excluding carboxylic acids is 1. The fraction of sp³-hybridized carbons (Fsp3) is 0.238. The molecular formula is C21H21ClN2O3S. The summed E-state index contributed by atoms with van der Waals surface area (Å²) in [5.41, 5.74) is 1.74. The van der Waals surface area contributed by atoms with Gasteiger partial charge >= 0.3 is 0 Å². The average molecular weight is 417 g/mol. The number of hydrogen-bond donors (Lipinski definition) is 1. The number of benzene rings is 2. The first-order valence-electron chi connectivity index (χ1n) is 8.96. The Morgan fingerprint density at radius 2 is 1.75 bits per heavy atom. The van der Waals surface area contributed by atoms with Gasteiger partial charge in [-0.15, -0.1) is 11.3 Å². The molecule has 0 saturated heterocycles. The Kier molecular flexibility index (Phi) is 7.28. The zero-order chi connectivity index (χ0) is 19.8. The van der Waals surface area contributed by atoms with Gasteiger partial charge in [0.2, 0.25) is 5.91 Å². The van der Waals surface area contributed by atoms with Gasteiger partial charge in [-0.1, -0.05) is 23.7 Å². The van der Waals surface area contributed by atoms with E-state index in [0.29, 0.717) is 24.8 Å². The zero-order valence-electron chi connectivity index (χ0n) is 15.5. The van der Waals surface area contributed by atoms with Gasteiger partial charge in [-0.2, -0.15) is 0 Å². The third-order valence-corrected chi connectivity index (χ3v) is 5.00. The number of carbonyl (C=O) groups is 1. The standard InChI is InChI=1S/C21H21ClN2O3S/c1-2-26-18-7-9-19(10-8-18)27-12-11-23-20(25)13-17-14-28-21(24-17)15-3-5-16(22)6-4-15/h3-10,14H,2,11-13H2,1H3,(H,23,25). The smallest absolute Gasteiger partial charge is 0.226 e. The van der Waals surface area contributed by atoms with Gasteiger partial charge in [0.05, 0.1) is 25.3 Å². The van der Waals surface area contributed by atoms with E-state index in [1.807, 2.05) is 60.8 Å². The van der Waals surface area contributed by atoms with E-state index in [-0.39, 0.29) is 12.3 Å². The molecule has 0 aliphatic rings. The van der Waals surface area contributed by atoms with Crippen LogP contribution in [0.2, 0.25) is 5.02 Å². The van der Waals surface area contributed by atoms with Crippen molar-refractivity contribution in [2.75, 3.05) is 19.8 Å². The lowest BCUT2D eigenvalue weighted by Crippen LogP contribution is -2.29. The molecule has 2 aromatic carbocycles.